The second-order valence-electron chi connectivity index (χ2n) is 9.69. The van der Waals surface area contributed by atoms with Crippen LogP contribution in [-0.4, -0.2) is 65.0 Å². The summed E-state index contributed by atoms with van der Waals surface area (Å²) in [6.07, 6.45) is 4.63. The van der Waals surface area contributed by atoms with Gasteiger partial charge < -0.3 is 29.5 Å². The number of ether oxygens (including phenoxy) is 1. The predicted octanol–water partition coefficient (Wildman–Crippen LogP) is 2.90. The Morgan fingerprint density at radius 1 is 1.30 bits per heavy atom. The minimum atomic E-state index is -3.84. The number of fused-ring (bicyclic) bond motifs is 1. The first kappa shape index (κ1) is 29.7. The summed E-state index contributed by atoms with van der Waals surface area (Å²) in [5, 5.41) is 22.6. The first-order chi connectivity index (χ1) is 19.3. The molecule has 3 heterocycles. The molecule has 0 aliphatic carbocycles. The van der Waals surface area contributed by atoms with Gasteiger partial charge in [0, 0.05) is 25.7 Å². The highest BCUT2D eigenvalue weighted by Crippen LogP contribution is 2.34. The van der Waals surface area contributed by atoms with Crippen molar-refractivity contribution >= 4 is 27.3 Å². The number of benzene rings is 1. The molecule has 40 heavy (non-hydrogen) atoms. The van der Waals surface area contributed by atoms with Crippen LogP contribution in [-0.2, 0) is 28.3 Å². The molecule has 1 fully saturated rings. The molecule has 13 nitrogen and oxygen atoms in total. The molecule has 1 aromatic carbocycles. The molecule has 0 unspecified atom stereocenters. The van der Waals surface area contributed by atoms with E-state index in [0.29, 0.717) is 73.4 Å². The predicted molar refractivity (Wildman–Crippen MR) is 150 cm³/mol. The molecule has 3 N–H and O–H groups in total. The number of aromatic nitrogens is 3. The molecule has 4 rings (SSSR count). The Balaban J connectivity index is 1.75. The Bertz CT molecular complexity index is 1520. The van der Waals surface area contributed by atoms with Gasteiger partial charge in [-0.3, -0.25) is 10.4 Å². The molecular weight excluding hydrogens is 540 g/mol. The number of aryl methyl sites for hydroxylation is 2. The number of hydrogen-bond donors (Lipinski definition) is 3. The Kier molecular flexibility index (Phi) is 9.58. The van der Waals surface area contributed by atoms with Gasteiger partial charge in [0.1, 0.15) is 22.6 Å². The third kappa shape index (κ3) is 5.90. The highest BCUT2D eigenvalue weighted by Gasteiger charge is 2.30. The number of oxime groups is 1. The summed E-state index contributed by atoms with van der Waals surface area (Å²) in [4.78, 5) is 25.6. The first-order valence-corrected chi connectivity index (χ1v) is 14.8. The average molecular weight is 576 g/mol. The summed E-state index contributed by atoms with van der Waals surface area (Å²) in [5.41, 5.74) is 3.45. The van der Waals surface area contributed by atoms with E-state index in [1.807, 2.05) is 13.8 Å². The molecule has 3 aromatic rings. The normalized spacial score (nSPS) is 15.4. The minimum Gasteiger partial charge on any atom is -0.765 e. The largest absolute Gasteiger partial charge is 0.765 e. The fourth-order valence-corrected chi connectivity index (χ4v) is 6.76. The molecule has 0 radical (unpaired) electrons. The van der Waals surface area contributed by atoms with E-state index >= 15 is 0 Å². The maximum absolute atomic E-state index is 13.6. The maximum atomic E-state index is 13.6. The van der Waals surface area contributed by atoms with E-state index in [4.69, 9.17) is 9.72 Å². The number of rotatable bonds is 12. The zero-order valence-corrected chi connectivity index (χ0v) is 23.7. The number of aromatic amines is 1. The van der Waals surface area contributed by atoms with E-state index in [0.717, 1.165) is 12.0 Å². The van der Waals surface area contributed by atoms with Gasteiger partial charge in [-0.05, 0) is 56.7 Å². The highest BCUT2D eigenvalue weighted by molar-refractivity contribution is 7.89. The van der Waals surface area contributed by atoms with Gasteiger partial charge in [0.2, 0.25) is 10.0 Å². The molecule has 1 aliphatic rings. The first-order valence-electron chi connectivity index (χ1n) is 13.3. The lowest BCUT2D eigenvalue weighted by molar-refractivity contribution is 0.0561. The Labute approximate surface area is 232 Å². The lowest BCUT2D eigenvalue weighted by Crippen LogP contribution is -2.38. The third-order valence-corrected chi connectivity index (χ3v) is 9.17. The van der Waals surface area contributed by atoms with Crippen LogP contribution in [0.3, 0.4) is 0 Å². The second-order valence-corrected chi connectivity index (χ2v) is 11.6. The van der Waals surface area contributed by atoms with Crippen LogP contribution >= 0.6 is 0 Å². The molecule has 0 saturated carbocycles. The topological polar surface area (TPSA) is 174 Å². The number of H-pyrrole nitrogens is 1. The number of nitrogens with zero attached hydrogens (tertiary/aromatic N) is 4. The van der Waals surface area contributed by atoms with Gasteiger partial charge in [0.25, 0.3) is 5.56 Å². The van der Waals surface area contributed by atoms with Crippen molar-refractivity contribution in [2.75, 3.05) is 26.3 Å². The summed E-state index contributed by atoms with van der Waals surface area (Å²) in [6, 6.07) is 4.57. The van der Waals surface area contributed by atoms with Gasteiger partial charge in [0.05, 0.1) is 35.6 Å². The van der Waals surface area contributed by atoms with Crippen molar-refractivity contribution in [1.82, 2.24) is 24.5 Å². The molecule has 0 atom stereocenters. The van der Waals surface area contributed by atoms with Crippen molar-refractivity contribution in [3.05, 3.63) is 45.0 Å². The summed E-state index contributed by atoms with van der Waals surface area (Å²) in [7, 11) is -2.14. The Morgan fingerprint density at radius 3 is 2.70 bits per heavy atom. The van der Waals surface area contributed by atoms with Crippen LogP contribution in [0, 0.1) is 11.1 Å². The number of hydrogen-bond acceptors (Lipinski definition) is 10. The maximum Gasteiger partial charge on any atom is 0.275 e. The van der Waals surface area contributed by atoms with Gasteiger partial charge in [-0.15, -0.1) is 0 Å². The van der Waals surface area contributed by atoms with E-state index in [-0.39, 0.29) is 23.2 Å². The summed E-state index contributed by atoms with van der Waals surface area (Å²) in [5.74, 6) is 0.833. The number of nitrogens with one attached hydrogen (secondary N) is 2. The lowest BCUT2D eigenvalue weighted by atomic mass is 9.95. The van der Waals surface area contributed by atoms with E-state index < -0.39 is 15.6 Å². The average Bonchev–Trinajstić information content (AvgIpc) is 3.20. The molecule has 14 heteroatoms. The van der Waals surface area contributed by atoms with Gasteiger partial charge in [-0.1, -0.05) is 18.5 Å². The molecular formula is C26H35N6O7S-. The smallest absolute Gasteiger partial charge is 0.275 e. The van der Waals surface area contributed by atoms with Crippen LogP contribution in [0.5, 0.6) is 5.75 Å². The molecule has 0 bridgehead atoms. The zero-order valence-electron chi connectivity index (χ0n) is 22.8. The quantitative estimate of drug-likeness (QED) is 0.127. The zero-order chi connectivity index (χ0) is 28.9. The van der Waals surface area contributed by atoms with Crippen molar-refractivity contribution in [1.29, 1.82) is 0 Å². The van der Waals surface area contributed by atoms with Crippen LogP contribution < -0.4 is 15.9 Å². The van der Waals surface area contributed by atoms with E-state index in [9.17, 15) is 23.6 Å². The molecule has 1 aliphatic heterocycles. The van der Waals surface area contributed by atoms with Crippen LogP contribution in [0.2, 0.25) is 0 Å². The van der Waals surface area contributed by atoms with Crippen molar-refractivity contribution in [3.63, 3.8) is 0 Å². The molecule has 0 spiro atoms. The van der Waals surface area contributed by atoms with Crippen LogP contribution in [0.4, 0.5) is 0 Å². The fourth-order valence-electron chi connectivity index (χ4n) is 5.27. The van der Waals surface area contributed by atoms with Crippen molar-refractivity contribution in [2.45, 2.75) is 50.8 Å². The third-order valence-electron chi connectivity index (χ3n) is 7.27. The summed E-state index contributed by atoms with van der Waals surface area (Å²) >= 11 is 0. The van der Waals surface area contributed by atoms with Gasteiger partial charge in [-0.25, -0.2) is 13.4 Å². The Morgan fingerprint density at radius 2 is 2.05 bits per heavy atom. The summed E-state index contributed by atoms with van der Waals surface area (Å²) in [6.45, 7) is 5.10. The van der Waals surface area contributed by atoms with E-state index in [1.165, 1.54) is 28.3 Å². The molecule has 2 aromatic heterocycles. The van der Waals surface area contributed by atoms with E-state index in [1.54, 1.807) is 17.7 Å². The Hall–Kier alpha value is -3.30. The fraction of sp³-hybridized carbons (Fsp3) is 0.500. The summed E-state index contributed by atoms with van der Waals surface area (Å²) < 4.78 is 36.1. The van der Waals surface area contributed by atoms with Crippen LogP contribution in [0.25, 0.3) is 22.4 Å². The molecule has 0 amide bonds. The van der Waals surface area contributed by atoms with Gasteiger partial charge in [-0.2, -0.15) is 4.31 Å². The van der Waals surface area contributed by atoms with Crippen LogP contribution in [0.15, 0.2) is 33.0 Å². The van der Waals surface area contributed by atoms with Gasteiger partial charge in [0.15, 0.2) is 0 Å². The molecule has 218 valence electrons. The van der Waals surface area contributed by atoms with Crippen LogP contribution in [0.1, 0.15) is 50.8 Å². The second kappa shape index (κ2) is 12.9. The SMILES string of the molecule is CCCc1c(/C=N/O)n(C)c2c(=O)[nH]c(-c3cc(S(=O)(=O)N4CCC(CCON[O-])CC4)ccc3OCC)nc12. The van der Waals surface area contributed by atoms with Gasteiger partial charge >= 0.3 is 0 Å². The molecule has 1 saturated heterocycles. The lowest BCUT2D eigenvalue weighted by Gasteiger charge is -2.31. The number of sulfonamides is 1. The van der Waals surface area contributed by atoms with Crippen molar-refractivity contribution in [2.24, 2.45) is 18.1 Å². The standard InChI is InChI=1S/C26H35N6O7S/c1-4-6-19-21(16-27-34)31(3)24-23(19)28-25(29-26(24)33)20-15-18(7-8-22(20)38-5-2)40(36,37)32-12-9-17(10-13-32)11-14-39-30-35/h7-8,15-17,30,34H,4-6,9-14H2,1-3H3,(H,28,29,33)/q-1/b27-16+. The van der Waals surface area contributed by atoms with E-state index in [2.05, 4.69) is 15.0 Å². The monoisotopic (exact) mass is 575 g/mol. The highest BCUT2D eigenvalue weighted by atomic mass is 32.2. The van der Waals surface area contributed by atoms with Crippen molar-refractivity contribution < 1.29 is 23.2 Å². The minimum absolute atomic E-state index is 0.0704. The van der Waals surface area contributed by atoms with Crippen molar-refractivity contribution in [3.8, 4) is 17.1 Å². The number of piperidine rings is 1.